The first-order chi connectivity index (χ1) is 6.75. The second-order valence-corrected chi connectivity index (χ2v) is 3.88. The second-order valence-electron chi connectivity index (χ2n) is 2.74. The summed E-state index contributed by atoms with van der Waals surface area (Å²) in [6, 6.07) is 7.59. The zero-order valence-electron chi connectivity index (χ0n) is 7.06. The maximum absolute atomic E-state index is 5.85. The van der Waals surface area contributed by atoms with Gasteiger partial charge in [0.15, 0.2) is 0 Å². The minimum absolute atomic E-state index is 0.605. The van der Waals surface area contributed by atoms with Crippen molar-refractivity contribution in [3.8, 4) is 0 Å². The van der Waals surface area contributed by atoms with Gasteiger partial charge in [0.25, 0.3) is 0 Å². The normalized spacial score (nSPS) is 10.4. The summed E-state index contributed by atoms with van der Waals surface area (Å²) in [5.74, 6) is 0. The summed E-state index contributed by atoms with van der Waals surface area (Å²) < 4.78 is 2.25. The molecule has 0 atom stereocenters. The molecule has 4 nitrogen and oxygen atoms in total. The predicted octanol–water partition coefficient (Wildman–Crippen LogP) is 2.14. The molecule has 0 amide bonds. The molecule has 6 heteroatoms. The van der Waals surface area contributed by atoms with Gasteiger partial charge >= 0.3 is 0 Å². The molecule has 2 rings (SSSR count). The Hall–Kier alpha value is -0.940. The lowest BCUT2D eigenvalue weighted by Gasteiger charge is -2.01. The van der Waals surface area contributed by atoms with Crippen molar-refractivity contribution in [1.82, 2.24) is 20.2 Å². The standard InChI is InChI=1S/C8H6BrClN4/c9-8-11-12-13-14(8)5-6-2-1-3-7(10)4-6/h1-4H,5H2. The lowest BCUT2D eigenvalue weighted by atomic mass is 10.2. The van der Waals surface area contributed by atoms with Crippen LogP contribution < -0.4 is 0 Å². The fourth-order valence-electron chi connectivity index (χ4n) is 1.10. The summed E-state index contributed by atoms with van der Waals surface area (Å²) in [5.41, 5.74) is 1.06. The SMILES string of the molecule is Clc1cccc(Cn2nnnc2Br)c1. The highest BCUT2D eigenvalue weighted by atomic mass is 79.9. The van der Waals surface area contributed by atoms with Crippen molar-refractivity contribution in [2.24, 2.45) is 0 Å². The zero-order valence-corrected chi connectivity index (χ0v) is 9.40. The van der Waals surface area contributed by atoms with Gasteiger partial charge in [0.05, 0.1) is 6.54 Å². The molecule has 0 bridgehead atoms. The minimum atomic E-state index is 0.605. The lowest BCUT2D eigenvalue weighted by Crippen LogP contribution is -2.02. The first-order valence-corrected chi connectivity index (χ1v) is 5.09. The number of aromatic nitrogens is 4. The molecule has 1 aromatic carbocycles. The van der Waals surface area contributed by atoms with Gasteiger partial charge in [-0.25, -0.2) is 4.68 Å². The maximum atomic E-state index is 5.85. The third-order valence-electron chi connectivity index (χ3n) is 1.71. The summed E-state index contributed by atoms with van der Waals surface area (Å²) in [4.78, 5) is 0. The third kappa shape index (κ3) is 2.10. The Labute approximate surface area is 94.0 Å². The van der Waals surface area contributed by atoms with E-state index in [2.05, 4.69) is 31.5 Å². The van der Waals surface area contributed by atoms with Gasteiger partial charge in [-0.1, -0.05) is 23.7 Å². The van der Waals surface area contributed by atoms with Crippen LogP contribution in [-0.2, 0) is 6.54 Å². The number of nitrogens with zero attached hydrogens (tertiary/aromatic N) is 4. The number of halogens is 2. The van der Waals surface area contributed by atoms with E-state index in [9.17, 15) is 0 Å². The molecular weight excluding hydrogens is 267 g/mol. The van der Waals surface area contributed by atoms with Crippen LogP contribution in [0.4, 0.5) is 0 Å². The van der Waals surface area contributed by atoms with Crippen LogP contribution in [0.1, 0.15) is 5.56 Å². The van der Waals surface area contributed by atoms with Crippen LogP contribution in [0.2, 0.25) is 5.02 Å². The molecule has 0 unspecified atom stereocenters. The molecule has 0 saturated heterocycles. The second kappa shape index (κ2) is 4.06. The highest BCUT2D eigenvalue weighted by molar-refractivity contribution is 9.10. The van der Waals surface area contributed by atoms with Crippen molar-refractivity contribution in [2.45, 2.75) is 6.54 Å². The predicted molar refractivity (Wildman–Crippen MR) is 56.1 cm³/mol. The first kappa shape index (κ1) is 9.61. The fraction of sp³-hybridized carbons (Fsp3) is 0.125. The van der Waals surface area contributed by atoms with Crippen molar-refractivity contribution >= 4 is 27.5 Å². The summed E-state index contributed by atoms with van der Waals surface area (Å²) in [5, 5.41) is 11.8. The number of hydrogen-bond acceptors (Lipinski definition) is 3. The van der Waals surface area contributed by atoms with Crippen molar-refractivity contribution in [3.05, 3.63) is 39.6 Å². The average Bonchev–Trinajstić information content (AvgIpc) is 2.52. The Morgan fingerprint density at radius 3 is 2.93 bits per heavy atom. The van der Waals surface area contributed by atoms with E-state index in [1.54, 1.807) is 4.68 Å². The molecule has 1 aromatic heterocycles. The van der Waals surface area contributed by atoms with E-state index in [0.29, 0.717) is 16.3 Å². The largest absolute Gasteiger partial charge is 0.218 e. The monoisotopic (exact) mass is 272 g/mol. The summed E-state index contributed by atoms with van der Waals surface area (Å²) in [7, 11) is 0. The Kier molecular flexibility index (Phi) is 2.79. The number of tetrazole rings is 1. The summed E-state index contributed by atoms with van der Waals surface area (Å²) >= 11 is 9.09. The molecule has 2 aromatic rings. The van der Waals surface area contributed by atoms with Gasteiger partial charge in [-0.3, -0.25) is 0 Å². The van der Waals surface area contributed by atoms with Crippen LogP contribution >= 0.6 is 27.5 Å². The highest BCUT2D eigenvalue weighted by Crippen LogP contribution is 2.12. The van der Waals surface area contributed by atoms with Crippen LogP contribution in [0.25, 0.3) is 0 Å². The molecule has 0 aliphatic rings. The van der Waals surface area contributed by atoms with Gasteiger partial charge in [-0.2, -0.15) is 0 Å². The summed E-state index contributed by atoms with van der Waals surface area (Å²) in [6.07, 6.45) is 0. The van der Waals surface area contributed by atoms with Gasteiger partial charge in [-0.05, 0) is 44.1 Å². The molecule has 14 heavy (non-hydrogen) atoms. The lowest BCUT2D eigenvalue weighted by molar-refractivity contribution is 0.638. The molecule has 0 saturated carbocycles. The van der Waals surface area contributed by atoms with E-state index in [4.69, 9.17) is 11.6 Å². The van der Waals surface area contributed by atoms with E-state index in [1.807, 2.05) is 24.3 Å². The Bertz CT molecular complexity index is 442. The third-order valence-corrected chi connectivity index (χ3v) is 2.51. The van der Waals surface area contributed by atoms with Gasteiger partial charge in [-0.15, -0.1) is 5.10 Å². The highest BCUT2D eigenvalue weighted by Gasteiger charge is 2.02. The van der Waals surface area contributed by atoms with Crippen LogP contribution in [0.3, 0.4) is 0 Å². The van der Waals surface area contributed by atoms with E-state index < -0.39 is 0 Å². The molecule has 0 aliphatic heterocycles. The van der Waals surface area contributed by atoms with Crippen molar-refractivity contribution in [2.75, 3.05) is 0 Å². The Balaban J connectivity index is 2.23. The Morgan fingerprint density at radius 1 is 1.43 bits per heavy atom. The number of hydrogen-bond donors (Lipinski definition) is 0. The van der Waals surface area contributed by atoms with E-state index in [1.165, 1.54) is 0 Å². The van der Waals surface area contributed by atoms with Gasteiger partial charge < -0.3 is 0 Å². The number of benzene rings is 1. The van der Waals surface area contributed by atoms with Crippen molar-refractivity contribution in [3.63, 3.8) is 0 Å². The van der Waals surface area contributed by atoms with Crippen LogP contribution in [0, 0.1) is 0 Å². The van der Waals surface area contributed by atoms with Crippen LogP contribution in [0.5, 0.6) is 0 Å². The molecule has 0 fully saturated rings. The van der Waals surface area contributed by atoms with E-state index in [-0.39, 0.29) is 0 Å². The molecule has 0 radical (unpaired) electrons. The molecule has 0 aliphatic carbocycles. The molecule has 72 valence electrons. The quantitative estimate of drug-likeness (QED) is 0.842. The van der Waals surface area contributed by atoms with Crippen molar-refractivity contribution in [1.29, 1.82) is 0 Å². The topological polar surface area (TPSA) is 43.6 Å². The minimum Gasteiger partial charge on any atom is -0.216 e. The van der Waals surface area contributed by atoms with Gasteiger partial charge in [0.1, 0.15) is 0 Å². The Morgan fingerprint density at radius 2 is 2.29 bits per heavy atom. The summed E-state index contributed by atoms with van der Waals surface area (Å²) in [6.45, 7) is 0.605. The first-order valence-electron chi connectivity index (χ1n) is 3.92. The molecular formula is C8H6BrClN4. The average molecular weight is 274 g/mol. The van der Waals surface area contributed by atoms with Gasteiger partial charge in [0.2, 0.25) is 4.73 Å². The molecule has 0 spiro atoms. The maximum Gasteiger partial charge on any atom is 0.218 e. The van der Waals surface area contributed by atoms with Gasteiger partial charge in [0, 0.05) is 5.02 Å². The fourth-order valence-corrected chi connectivity index (χ4v) is 1.58. The van der Waals surface area contributed by atoms with E-state index >= 15 is 0 Å². The van der Waals surface area contributed by atoms with Crippen LogP contribution in [-0.4, -0.2) is 20.2 Å². The van der Waals surface area contributed by atoms with Crippen molar-refractivity contribution < 1.29 is 0 Å². The van der Waals surface area contributed by atoms with Crippen LogP contribution in [0.15, 0.2) is 29.0 Å². The smallest absolute Gasteiger partial charge is 0.216 e. The molecule has 1 heterocycles. The molecule has 0 N–H and O–H groups in total. The number of rotatable bonds is 2. The van der Waals surface area contributed by atoms with E-state index in [0.717, 1.165) is 5.56 Å². The zero-order chi connectivity index (χ0) is 9.97.